The van der Waals surface area contributed by atoms with Crippen LogP contribution in [0, 0.1) is 0 Å². The van der Waals surface area contributed by atoms with Crippen LogP contribution in [0.5, 0.6) is 0 Å². The van der Waals surface area contributed by atoms with Crippen molar-refractivity contribution < 1.29 is 14.3 Å². The lowest BCUT2D eigenvalue weighted by Crippen LogP contribution is -2.62. The molecule has 152 valence electrons. The van der Waals surface area contributed by atoms with Gasteiger partial charge in [0.1, 0.15) is 6.61 Å². The fraction of sp³-hybridized carbons (Fsp3) is 0.292. The average Bonchev–Trinajstić information content (AvgIpc) is 3.15. The second-order valence-corrected chi connectivity index (χ2v) is 7.95. The van der Waals surface area contributed by atoms with Gasteiger partial charge in [-0.05, 0) is 18.6 Å². The molecule has 2 saturated heterocycles. The topological polar surface area (TPSA) is 62.7 Å². The highest BCUT2D eigenvalue weighted by Crippen LogP contribution is 2.33. The molecule has 5 rings (SSSR count). The molecule has 0 spiro atoms. The summed E-state index contributed by atoms with van der Waals surface area (Å²) in [6, 6.07) is 19.5. The van der Waals surface area contributed by atoms with Crippen molar-refractivity contribution in [3.05, 3.63) is 66.2 Å². The lowest BCUT2D eigenvalue weighted by molar-refractivity contribution is 0.0363. The van der Waals surface area contributed by atoms with Crippen LogP contribution in [0.25, 0.3) is 22.2 Å². The van der Waals surface area contributed by atoms with Gasteiger partial charge < -0.3 is 9.64 Å². The molecule has 2 amide bonds. The Morgan fingerprint density at radius 2 is 1.87 bits per heavy atom. The number of aromatic nitrogens is 1. The van der Waals surface area contributed by atoms with E-state index in [4.69, 9.17) is 9.72 Å². The second-order valence-electron chi connectivity index (χ2n) is 7.95. The monoisotopic (exact) mass is 401 g/mol. The minimum Gasteiger partial charge on any atom is -0.447 e. The third-order valence-electron chi connectivity index (χ3n) is 6.30. The van der Waals surface area contributed by atoms with Crippen molar-refractivity contribution >= 4 is 22.9 Å². The summed E-state index contributed by atoms with van der Waals surface area (Å²) in [5.41, 5.74) is 2.76. The van der Waals surface area contributed by atoms with E-state index in [2.05, 4.69) is 0 Å². The summed E-state index contributed by atoms with van der Waals surface area (Å²) in [6.07, 6.45) is 0.471. The first-order chi connectivity index (χ1) is 14.6. The van der Waals surface area contributed by atoms with Crippen LogP contribution in [-0.4, -0.2) is 58.6 Å². The lowest BCUT2D eigenvalue weighted by atomic mass is 9.92. The maximum Gasteiger partial charge on any atom is 0.410 e. The Morgan fingerprint density at radius 1 is 1.10 bits per heavy atom. The number of fused-ring (bicyclic) bond motifs is 2. The van der Waals surface area contributed by atoms with E-state index in [1.165, 1.54) is 0 Å². The number of carbonyl (C=O) groups is 2. The molecule has 6 heteroatoms. The summed E-state index contributed by atoms with van der Waals surface area (Å²) in [7, 11) is 0. The van der Waals surface area contributed by atoms with Gasteiger partial charge in [0.05, 0.1) is 22.3 Å². The first-order valence-electron chi connectivity index (χ1n) is 10.3. The maximum atomic E-state index is 13.7. The number of hydrogen-bond donors (Lipinski definition) is 0. The first-order valence-corrected chi connectivity index (χ1v) is 10.3. The number of carbonyl (C=O) groups excluding carboxylic acids is 2. The number of benzene rings is 2. The molecule has 3 aromatic rings. The Bertz CT molecular complexity index is 1130. The number of para-hydroxylation sites is 1. The van der Waals surface area contributed by atoms with Crippen LogP contribution in [0.15, 0.2) is 60.7 Å². The highest BCUT2D eigenvalue weighted by molar-refractivity contribution is 6.07. The fourth-order valence-electron chi connectivity index (χ4n) is 4.52. The molecule has 0 aliphatic carbocycles. The van der Waals surface area contributed by atoms with E-state index in [1.807, 2.05) is 72.5 Å². The number of hydrogen-bond acceptors (Lipinski definition) is 4. The van der Waals surface area contributed by atoms with Gasteiger partial charge in [0.15, 0.2) is 0 Å². The molecule has 1 unspecified atom stereocenters. The molecule has 0 N–H and O–H groups in total. The van der Waals surface area contributed by atoms with Crippen molar-refractivity contribution in [2.45, 2.75) is 18.9 Å². The molecule has 2 aromatic carbocycles. The highest BCUT2D eigenvalue weighted by atomic mass is 16.6. The Morgan fingerprint density at radius 3 is 2.67 bits per heavy atom. The number of nitrogens with zero attached hydrogens (tertiary/aromatic N) is 3. The van der Waals surface area contributed by atoms with Gasteiger partial charge in [-0.25, -0.2) is 9.78 Å². The van der Waals surface area contributed by atoms with E-state index < -0.39 is 5.54 Å². The largest absolute Gasteiger partial charge is 0.447 e. The van der Waals surface area contributed by atoms with Gasteiger partial charge in [-0.1, -0.05) is 55.5 Å². The summed E-state index contributed by atoms with van der Waals surface area (Å²) < 4.78 is 5.31. The van der Waals surface area contributed by atoms with Crippen LogP contribution in [0.4, 0.5) is 4.79 Å². The molecule has 1 aromatic heterocycles. The quantitative estimate of drug-likeness (QED) is 0.667. The summed E-state index contributed by atoms with van der Waals surface area (Å²) >= 11 is 0. The molecule has 30 heavy (non-hydrogen) atoms. The number of amides is 2. The van der Waals surface area contributed by atoms with Gasteiger partial charge in [-0.2, -0.15) is 0 Å². The van der Waals surface area contributed by atoms with E-state index >= 15 is 0 Å². The Hall–Kier alpha value is -3.41. The zero-order valence-corrected chi connectivity index (χ0v) is 16.9. The standard InChI is InChI=1S/C24H23N3O3/c1-2-24-15-26(12-13-27(24)23(29)30-16-24)22(28)19-14-21(17-8-4-3-5-9-17)25-20-11-7-6-10-18(19)20/h3-11,14H,2,12-13,15-16H2,1H3. The molecule has 2 aliphatic heterocycles. The molecule has 6 nitrogen and oxygen atoms in total. The number of rotatable bonds is 3. The average molecular weight is 401 g/mol. The van der Waals surface area contributed by atoms with Gasteiger partial charge in [-0.3, -0.25) is 9.69 Å². The Kier molecular flexibility index (Phi) is 4.42. The summed E-state index contributed by atoms with van der Waals surface area (Å²) in [5, 5.41) is 0.842. The SMILES string of the molecule is CCC12COC(=O)N1CCN(C(=O)c1cc(-c3ccccc3)nc3ccccc13)C2. The molecule has 2 aliphatic rings. The molecule has 0 bridgehead atoms. The van der Waals surface area contributed by atoms with E-state index in [-0.39, 0.29) is 12.0 Å². The number of ether oxygens (including phenoxy) is 1. The molecule has 3 heterocycles. The smallest absolute Gasteiger partial charge is 0.410 e. The molecule has 0 radical (unpaired) electrons. The summed E-state index contributed by atoms with van der Waals surface area (Å²) in [6.45, 7) is 3.84. The van der Waals surface area contributed by atoms with Crippen LogP contribution in [-0.2, 0) is 4.74 Å². The summed E-state index contributed by atoms with van der Waals surface area (Å²) in [5.74, 6) is -0.0300. The van der Waals surface area contributed by atoms with Gasteiger partial charge in [0, 0.05) is 30.6 Å². The van der Waals surface area contributed by atoms with Crippen molar-refractivity contribution in [3.63, 3.8) is 0 Å². The van der Waals surface area contributed by atoms with Gasteiger partial charge in [0.25, 0.3) is 5.91 Å². The third-order valence-corrected chi connectivity index (χ3v) is 6.30. The van der Waals surface area contributed by atoms with Crippen LogP contribution in [0.1, 0.15) is 23.7 Å². The van der Waals surface area contributed by atoms with Crippen molar-refractivity contribution in [1.29, 1.82) is 0 Å². The predicted molar refractivity (Wildman–Crippen MR) is 114 cm³/mol. The zero-order valence-electron chi connectivity index (χ0n) is 16.9. The lowest BCUT2D eigenvalue weighted by Gasteiger charge is -2.44. The Balaban J connectivity index is 1.56. The number of piperazine rings is 1. The highest BCUT2D eigenvalue weighted by Gasteiger charge is 2.50. The van der Waals surface area contributed by atoms with E-state index in [1.54, 1.807) is 4.90 Å². The van der Waals surface area contributed by atoms with Crippen molar-refractivity contribution in [3.8, 4) is 11.3 Å². The number of pyridine rings is 1. The van der Waals surface area contributed by atoms with Gasteiger partial charge in [0.2, 0.25) is 0 Å². The van der Waals surface area contributed by atoms with Gasteiger partial charge >= 0.3 is 6.09 Å². The Labute approximate surface area is 175 Å². The maximum absolute atomic E-state index is 13.7. The predicted octanol–water partition coefficient (Wildman–Crippen LogP) is 3.96. The summed E-state index contributed by atoms with van der Waals surface area (Å²) in [4.78, 5) is 34.2. The van der Waals surface area contributed by atoms with E-state index in [0.717, 1.165) is 28.6 Å². The van der Waals surface area contributed by atoms with Crippen molar-refractivity contribution in [2.75, 3.05) is 26.2 Å². The van der Waals surface area contributed by atoms with Crippen molar-refractivity contribution in [1.82, 2.24) is 14.8 Å². The molecule has 1 atom stereocenters. The van der Waals surface area contributed by atoms with Crippen LogP contribution >= 0.6 is 0 Å². The van der Waals surface area contributed by atoms with Gasteiger partial charge in [-0.15, -0.1) is 0 Å². The zero-order chi connectivity index (χ0) is 20.7. The minimum absolute atomic E-state index is 0.0300. The molecular formula is C24H23N3O3. The normalized spacial score (nSPS) is 20.9. The minimum atomic E-state index is -0.434. The molecule has 0 saturated carbocycles. The second kappa shape index (κ2) is 7.13. The van der Waals surface area contributed by atoms with Crippen molar-refractivity contribution in [2.24, 2.45) is 0 Å². The first kappa shape index (κ1) is 18.6. The molecular weight excluding hydrogens is 378 g/mol. The van der Waals surface area contributed by atoms with Crippen LogP contribution in [0.3, 0.4) is 0 Å². The van der Waals surface area contributed by atoms with Crippen LogP contribution in [0.2, 0.25) is 0 Å². The van der Waals surface area contributed by atoms with E-state index in [9.17, 15) is 9.59 Å². The van der Waals surface area contributed by atoms with Crippen LogP contribution < -0.4 is 0 Å². The fourth-order valence-corrected chi connectivity index (χ4v) is 4.52. The molecule has 2 fully saturated rings. The third kappa shape index (κ3) is 2.91. The van der Waals surface area contributed by atoms with E-state index in [0.29, 0.717) is 31.8 Å². The number of cyclic esters (lactones) is 1.